The zero-order chi connectivity index (χ0) is 25.9. The summed E-state index contributed by atoms with van der Waals surface area (Å²) in [6, 6.07) is 0. The molecule has 2 heterocycles. The molecule has 1 aliphatic carbocycles. The largest absolute Gasteiger partial charge is 0.462 e. The Morgan fingerprint density at radius 2 is 1.94 bits per heavy atom. The smallest absolute Gasteiger partial charge is 0.305 e. The van der Waals surface area contributed by atoms with Crippen LogP contribution in [0.25, 0.3) is 0 Å². The van der Waals surface area contributed by atoms with Crippen molar-refractivity contribution in [3.8, 4) is 0 Å². The van der Waals surface area contributed by atoms with Crippen molar-refractivity contribution in [1.82, 2.24) is 0 Å². The molecule has 3 aliphatic rings. The quantitative estimate of drug-likeness (QED) is 0.247. The van der Waals surface area contributed by atoms with Crippen LogP contribution >= 0.6 is 0 Å². The van der Waals surface area contributed by atoms with Gasteiger partial charge in [0.15, 0.2) is 0 Å². The number of hydrogen-bond donors (Lipinski definition) is 1. The topological polar surface area (TPSA) is 121 Å². The summed E-state index contributed by atoms with van der Waals surface area (Å²) in [5, 5.41) is 10.9. The minimum Gasteiger partial charge on any atom is -0.462 e. The molecule has 9 nitrogen and oxygen atoms in total. The van der Waals surface area contributed by atoms with Crippen molar-refractivity contribution >= 4 is 17.9 Å². The highest BCUT2D eigenvalue weighted by molar-refractivity contribution is 5.67. The van der Waals surface area contributed by atoms with Gasteiger partial charge >= 0.3 is 17.9 Å². The zero-order valence-electron chi connectivity index (χ0n) is 21.1. The van der Waals surface area contributed by atoms with Gasteiger partial charge in [-0.25, -0.2) is 0 Å². The molecule has 0 bridgehead atoms. The number of epoxide rings is 1. The van der Waals surface area contributed by atoms with Crippen molar-refractivity contribution < 1.29 is 43.2 Å². The van der Waals surface area contributed by atoms with E-state index in [1.54, 1.807) is 0 Å². The molecule has 2 fully saturated rings. The minimum absolute atomic E-state index is 0.0777. The Labute approximate surface area is 206 Å². The number of carbonyl (C=O) groups is 3. The first kappa shape index (κ1) is 26.9. The van der Waals surface area contributed by atoms with Crippen LogP contribution in [0.2, 0.25) is 0 Å². The average Bonchev–Trinajstić information content (AvgIpc) is 3.40. The molecule has 35 heavy (non-hydrogen) atoms. The monoisotopic (exact) mass is 492 g/mol. The zero-order valence-corrected chi connectivity index (χ0v) is 21.1. The normalized spacial score (nSPS) is 33.3. The molecule has 0 aromatic heterocycles. The standard InChI is InChI=1S/C26H36O9/c1-14(12-31-16(3)27)7-8-22(33-17(4)28)20-13-32-25(34-18(5)29)24-15(2)21(30)11-23-26(6,35-23)10-9-19(20)24/h7,13,19,21-25,30H,2,8-12H2,1,3-6H3/b14-7+/t19-,21-,22+,23+,24+,25-,26+/m1/s1. The second-order valence-corrected chi connectivity index (χ2v) is 9.81. The summed E-state index contributed by atoms with van der Waals surface area (Å²) in [5.74, 6) is -2.15. The molecule has 0 radical (unpaired) electrons. The Bertz CT molecular complexity index is 920. The number of esters is 3. The molecule has 194 valence electrons. The van der Waals surface area contributed by atoms with Crippen LogP contribution in [0, 0.1) is 11.8 Å². The van der Waals surface area contributed by atoms with Crippen LogP contribution in [-0.2, 0) is 38.1 Å². The third-order valence-corrected chi connectivity index (χ3v) is 6.92. The number of fused-ring (bicyclic) bond motifs is 2. The lowest BCUT2D eigenvalue weighted by atomic mass is 9.73. The lowest BCUT2D eigenvalue weighted by Crippen LogP contribution is -2.43. The van der Waals surface area contributed by atoms with E-state index in [9.17, 15) is 19.5 Å². The molecule has 0 amide bonds. The van der Waals surface area contributed by atoms with Crippen LogP contribution in [0.1, 0.15) is 60.3 Å². The molecule has 1 N–H and O–H groups in total. The van der Waals surface area contributed by atoms with Crippen LogP contribution in [-0.4, -0.2) is 59.8 Å². The van der Waals surface area contributed by atoms with E-state index in [1.807, 2.05) is 19.9 Å². The van der Waals surface area contributed by atoms with Gasteiger partial charge in [0.25, 0.3) is 0 Å². The van der Waals surface area contributed by atoms with E-state index in [-0.39, 0.29) is 30.2 Å². The van der Waals surface area contributed by atoms with Crippen LogP contribution in [0.15, 0.2) is 35.6 Å². The van der Waals surface area contributed by atoms with E-state index >= 15 is 0 Å². The second kappa shape index (κ2) is 11.0. The molecule has 9 heteroatoms. The molecule has 3 rings (SSSR count). The summed E-state index contributed by atoms with van der Waals surface area (Å²) >= 11 is 0. The Kier molecular flexibility index (Phi) is 8.43. The molecule has 0 aromatic carbocycles. The maximum atomic E-state index is 12.0. The van der Waals surface area contributed by atoms with E-state index < -0.39 is 36.4 Å². The molecule has 1 saturated carbocycles. The predicted molar refractivity (Wildman–Crippen MR) is 125 cm³/mol. The Hall–Kier alpha value is -2.65. The van der Waals surface area contributed by atoms with Crippen LogP contribution in [0.3, 0.4) is 0 Å². The highest BCUT2D eigenvalue weighted by Crippen LogP contribution is 2.50. The Morgan fingerprint density at radius 1 is 1.23 bits per heavy atom. The van der Waals surface area contributed by atoms with Crippen molar-refractivity contribution in [2.24, 2.45) is 11.8 Å². The number of ether oxygens (including phenoxy) is 5. The van der Waals surface area contributed by atoms with E-state index in [4.69, 9.17) is 23.7 Å². The summed E-state index contributed by atoms with van der Waals surface area (Å²) in [5.41, 5.74) is 1.66. The molecule has 7 atom stereocenters. The molecule has 2 aliphatic heterocycles. The first-order valence-electron chi connectivity index (χ1n) is 11.9. The van der Waals surface area contributed by atoms with Crippen molar-refractivity contribution in [2.75, 3.05) is 6.61 Å². The molecule has 1 saturated heterocycles. The lowest BCUT2D eigenvalue weighted by Gasteiger charge is -2.41. The highest BCUT2D eigenvalue weighted by Gasteiger charge is 2.56. The summed E-state index contributed by atoms with van der Waals surface area (Å²) in [6.07, 6.45) is 2.85. The number of carbonyl (C=O) groups excluding carboxylic acids is 3. The van der Waals surface area contributed by atoms with Gasteiger partial charge in [-0.3, -0.25) is 14.4 Å². The average molecular weight is 493 g/mol. The highest BCUT2D eigenvalue weighted by atomic mass is 16.7. The first-order chi connectivity index (χ1) is 16.4. The molecule has 0 unspecified atom stereocenters. The van der Waals surface area contributed by atoms with Gasteiger partial charge in [0, 0.05) is 45.1 Å². The summed E-state index contributed by atoms with van der Waals surface area (Å²) in [7, 11) is 0. The van der Waals surface area contributed by atoms with E-state index in [1.165, 1.54) is 27.0 Å². The third kappa shape index (κ3) is 6.73. The maximum Gasteiger partial charge on any atom is 0.305 e. The molecule has 0 aromatic rings. The lowest BCUT2D eigenvalue weighted by molar-refractivity contribution is -0.182. The van der Waals surface area contributed by atoms with E-state index in [0.29, 0.717) is 36.8 Å². The number of aliphatic hydroxyl groups excluding tert-OH is 1. The van der Waals surface area contributed by atoms with E-state index in [2.05, 4.69) is 6.58 Å². The second-order valence-electron chi connectivity index (χ2n) is 9.81. The number of rotatable bonds is 7. The van der Waals surface area contributed by atoms with Gasteiger partial charge in [-0.15, -0.1) is 0 Å². The van der Waals surface area contributed by atoms with E-state index in [0.717, 1.165) is 5.57 Å². The van der Waals surface area contributed by atoms with Crippen LogP contribution < -0.4 is 0 Å². The number of hydrogen-bond acceptors (Lipinski definition) is 9. The summed E-state index contributed by atoms with van der Waals surface area (Å²) < 4.78 is 27.9. The van der Waals surface area contributed by atoms with Gasteiger partial charge in [-0.2, -0.15) is 0 Å². The van der Waals surface area contributed by atoms with Crippen molar-refractivity contribution in [3.05, 3.63) is 35.6 Å². The molecular weight excluding hydrogens is 456 g/mol. The van der Waals surface area contributed by atoms with Crippen LogP contribution in [0.4, 0.5) is 0 Å². The minimum atomic E-state index is -0.953. The van der Waals surface area contributed by atoms with Gasteiger partial charge in [0.2, 0.25) is 6.29 Å². The van der Waals surface area contributed by atoms with Crippen molar-refractivity contribution in [2.45, 2.75) is 90.5 Å². The Balaban J connectivity index is 1.94. The van der Waals surface area contributed by atoms with Gasteiger partial charge in [-0.05, 0) is 37.8 Å². The first-order valence-corrected chi connectivity index (χ1v) is 11.9. The van der Waals surface area contributed by atoms with Gasteiger partial charge < -0.3 is 28.8 Å². The fourth-order valence-corrected chi connectivity index (χ4v) is 4.94. The summed E-state index contributed by atoms with van der Waals surface area (Å²) in [4.78, 5) is 34.9. The fraction of sp³-hybridized carbons (Fsp3) is 0.654. The van der Waals surface area contributed by atoms with Gasteiger partial charge in [0.05, 0.1) is 30.0 Å². The van der Waals surface area contributed by atoms with Crippen molar-refractivity contribution in [3.63, 3.8) is 0 Å². The van der Waals surface area contributed by atoms with Crippen LogP contribution in [0.5, 0.6) is 0 Å². The predicted octanol–water partition coefficient (Wildman–Crippen LogP) is 3.11. The van der Waals surface area contributed by atoms with Gasteiger partial charge in [0.1, 0.15) is 12.7 Å². The maximum absolute atomic E-state index is 12.0. The molecular formula is C26H36O9. The fourth-order valence-electron chi connectivity index (χ4n) is 4.94. The van der Waals surface area contributed by atoms with Crippen molar-refractivity contribution in [1.29, 1.82) is 0 Å². The molecule has 0 spiro atoms. The summed E-state index contributed by atoms with van der Waals surface area (Å²) in [6.45, 7) is 12.1. The van der Waals surface area contributed by atoms with Gasteiger partial charge in [-0.1, -0.05) is 12.7 Å². The third-order valence-electron chi connectivity index (χ3n) is 6.92. The number of aliphatic hydroxyl groups is 1. The SMILES string of the molecule is C=C1[C@@H]2[C@@H](OC(C)=O)OC=C([C@H](C/C=C(\C)COC(C)=O)OC(C)=O)[C@H]2CC[C@]2(C)O[C@H]2C[C@H]1O. The Morgan fingerprint density at radius 3 is 2.57 bits per heavy atom.